The highest BCUT2D eigenvalue weighted by atomic mass is 16.5. The van der Waals surface area contributed by atoms with E-state index in [2.05, 4.69) is 0 Å². The Hall–Kier alpha value is -1.62. The van der Waals surface area contributed by atoms with Crippen molar-refractivity contribution in [3.8, 4) is 17.2 Å². The Morgan fingerprint density at radius 3 is 2.05 bits per heavy atom. The van der Waals surface area contributed by atoms with Crippen molar-refractivity contribution in [2.45, 2.75) is 26.4 Å². The zero-order valence-electron chi connectivity index (χ0n) is 12.3. The van der Waals surface area contributed by atoms with Gasteiger partial charge in [0.25, 0.3) is 0 Å². The second-order valence-corrected chi connectivity index (χ2v) is 5.05. The van der Waals surface area contributed by atoms with Crippen LogP contribution in [0.5, 0.6) is 17.2 Å². The van der Waals surface area contributed by atoms with Crippen molar-refractivity contribution in [3.63, 3.8) is 0 Å². The van der Waals surface area contributed by atoms with Gasteiger partial charge in [-0.15, -0.1) is 0 Å². The Morgan fingerprint density at radius 1 is 0.947 bits per heavy atom. The number of anilines is 1. The molecule has 0 bridgehead atoms. The molecule has 2 N–H and O–H groups in total. The minimum atomic E-state index is -0.174. The molecule has 0 aliphatic heterocycles. The van der Waals surface area contributed by atoms with Crippen molar-refractivity contribution in [3.05, 3.63) is 12.1 Å². The number of nitrogen functional groups attached to an aromatic ring is 1. The molecule has 1 aromatic rings. The fourth-order valence-corrected chi connectivity index (χ4v) is 1.50. The van der Waals surface area contributed by atoms with E-state index < -0.39 is 0 Å². The maximum absolute atomic E-state index is 5.89. The number of methoxy groups -OCH3 is 2. The van der Waals surface area contributed by atoms with E-state index in [1.165, 1.54) is 0 Å². The third kappa shape index (κ3) is 4.87. The molecule has 0 amide bonds. The van der Waals surface area contributed by atoms with Gasteiger partial charge in [-0.2, -0.15) is 0 Å². The maximum atomic E-state index is 5.89. The topological polar surface area (TPSA) is 62.9 Å². The van der Waals surface area contributed by atoms with E-state index in [9.17, 15) is 0 Å². The fraction of sp³-hybridized carbons (Fsp3) is 0.571. The summed E-state index contributed by atoms with van der Waals surface area (Å²) in [5.74, 6) is 1.73. The molecule has 0 radical (unpaired) electrons. The van der Waals surface area contributed by atoms with Gasteiger partial charge in [-0.1, -0.05) is 0 Å². The smallest absolute Gasteiger partial charge is 0.164 e. The summed E-state index contributed by atoms with van der Waals surface area (Å²) in [4.78, 5) is 0. The first kappa shape index (κ1) is 15.4. The zero-order valence-corrected chi connectivity index (χ0v) is 12.3. The van der Waals surface area contributed by atoms with Crippen LogP contribution in [0.4, 0.5) is 5.69 Å². The molecule has 108 valence electrons. The molecule has 0 spiro atoms. The monoisotopic (exact) mass is 269 g/mol. The molecule has 0 aliphatic rings. The minimum absolute atomic E-state index is 0.174. The van der Waals surface area contributed by atoms with Gasteiger partial charge in [0.2, 0.25) is 0 Å². The van der Waals surface area contributed by atoms with Crippen LogP contribution in [0.25, 0.3) is 0 Å². The lowest BCUT2D eigenvalue weighted by molar-refractivity contribution is -0.0162. The van der Waals surface area contributed by atoms with Gasteiger partial charge in [0.15, 0.2) is 11.5 Å². The second-order valence-electron chi connectivity index (χ2n) is 5.05. The lowest BCUT2D eigenvalue weighted by Gasteiger charge is -2.20. The van der Waals surface area contributed by atoms with Crippen LogP contribution in [-0.4, -0.2) is 33.0 Å². The molecule has 0 atom stereocenters. The average molecular weight is 269 g/mol. The molecule has 0 saturated heterocycles. The summed E-state index contributed by atoms with van der Waals surface area (Å²) in [5, 5.41) is 0. The number of hydrogen-bond acceptors (Lipinski definition) is 5. The largest absolute Gasteiger partial charge is 0.493 e. The van der Waals surface area contributed by atoms with E-state index >= 15 is 0 Å². The molecule has 0 aliphatic carbocycles. The van der Waals surface area contributed by atoms with Gasteiger partial charge < -0.3 is 24.7 Å². The summed E-state index contributed by atoms with van der Waals surface area (Å²) < 4.78 is 21.5. The molecule has 0 unspecified atom stereocenters. The SMILES string of the molecule is COc1cc(N)c(OCCOC(C)(C)C)cc1OC. The molecule has 0 fully saturated rings. The van der Waals surface area contributed by atoms with Gasteiger partial charge in [0, 0.05) is 12.1 Å². The number of benzene rings is 1. The van der Waals surface area contributed by atoms with E-state index in [1.54, 1.807) is 26.4 Å². The fourth-order valence-electron chi connectivity index (χ4n) is 1.50. The average Bonchev–Trinajstić information content (AvgIpc) is 2.34. The Kier molecular flexibility index (Phi) is 5.30. The molecule has 1 aromatic carbocycles. The van der Waals surface area contributed by atoms with Crippen LogP contribution in [0, 0.1) is 0 Å². The van der Waals surface area contributed by atoms with Crippen molar-refractivity contribution >= 4 is 5.69 Å². The minimum Gasteiger partial charge on any atom is -0.493 e. The molecule has 0 saturated carbocycles. The summed E-state index contributed by atoms with van der Waals surface area (Å²) in [6.45, 7) is 6.92. The highest BCUT2D eigenvalue weighted by Crippen LogP contribution is 2.36. The number of rotatable bonds is 6. The van der Waals surface area contributed by atoms with Crippen LogP contribution in [0.1, 0.15) is 20.8 Å². The van der Waals surface area contributed by atoms with E-state index in [4.69, 9.17) is 24.7 Å². The van der Waals surface area contributed by atoms with Crippen LogP contribution in [0.15, 0.2) is 12.1 Å². The zero-order chi connectivity index (χ0) is 14.5. The first-order chi connectivity index (χ1) is 8.87. The molecular weight excluding hydrogens is 246 g/mol. The van der Waals surface area contributed by atoms with Crippen LogP contribution < -0.4 is 19.9 Å². The lowest BCUT2D eigenvalue weighted by atomic mass is 10.2. The Morgan fingerprint density at radius 2 is 1.53 bits per heavy atom. The Labute approximate surface area is 114 Å². The third-order valence-electron chi connectivity index (χ3n) is 2.39. The van der Waals surface area contributed by atoms with Crippen LogP contribution in [0.3, 0.4) is 0 Å². The van der Waals surface area contributed by atoms with Crippen LogP contribution >= 0.6 is 0 Å². The van der Waals surface area contributed by atoms with Crippen molar-refractivity contribution < 1.29 is 18.9 Å². The van der Waals surface area contributed by atoms with E-state index in [-0.39, 0.29) is 5.60 Å². The number of nitrogens with two attached hydrogens (primary N) is 1. The first-order valence-electron chi connectivity index (χ1n) is 6.15. The lowest BCUT2D eigenvalue weighted by Crippen LogP contribution is -2.22. The summed E-state index contributed by atoms with van der Waals surface area (Å²) in [6, 6.07) is 3.39. The molecule has 19 heavy (non-hydrogen) atoms. The van der Waals surface area contributed by atoms with Gasteiger partial charge in [-0.05, 0) is 20.8 Å². The molecular formula is C14H23NO4. The van der Waals surface area contributed by atoms with E-state index in [0.717, 1.165) is 0 Å². The highest BCUT2D eigenvalue weighted by molar-refractivity contribution is 5.61. The predicted octanol–water partition coefficient (Wildman–Crippen LogP) is 2.48. The van der Waals surface area contributed by atoms with Crippen molar-refractivity contribution in [1.82, 2.24) is 0 Å². The van der Waals surface area contributed by atoms with Gasteiger partial charge >= 0.3 is 0 Å². The first-order valence-corrected chi connectivity index (χ1v) is 6.15. The van der Waals surface area contributed by atoms with Gasteiger partial charge in [-0.3, -0.25) is 0 Å². The normalized spacial score (nSPS) is 11.2. The standard InChI is InChI=1S/C14H23NO4/c1-14(2,3)19-7-6-18-11-9-13(17-5)12(16-4)8-10(11)15/h8-9H,6-7,15H2,1-5H3. The Balaban J connectivity index is 2.63. The molecule has 0 heterocycles. The molecule has 0 aromatic heterocycles. The van der Waals surface area contributed by atoms with Crippen molar-refractivity contribution in [2.24, 2.45) is 0 Å². The van der Waals surface area contributed by atoms with Crippen molar-refractivity contribution in [1.29, 1.82) is 0 Å². The van der Waals surface area contributed by atoms with Crippen LogP contribution in [0.2, 0.25) is 0 Å². The highest BCUT2D eigenvalue weighted by Gasteiger charge is 2.12. The summed E-state index contributed by atoms with van der Waals surface area (Å²) in [7, 11) is 3.13. The summed E-state index contributed by atoms with van der Waals surface area (Å²) in [5.41, 5.74) is 6.22. The van der Waals surface area contributed by atoms with Gasteiger partial charge in [0.1, 0.15) is 12.4 Å². The van der Waals surface area contributed by atoms with E-state index in [0.29, 0.717) is 36.1 Å². The second kappa shape index (κ2) is 6.52. The summed E-state index contributed by atoms with van der Waals surface area (Å²) in [6.07, 6.45) is 0. The molecule has 1 rings (SSSR count). The quantitative estimate of drug-likeness (QED) is 0.635. The third-order valence-corrected chi connectivity index (χ3v) is 2.39. The van der Waals surface area contributed by atoms with E-state index in [1.807, 2.05) is 20.8 Å². The molecule has 5 nitrogen and oxygen atoms in total. The number of hydrogen-bond donors (Lipinski definition) is 1. The van der Waals surface area contributed by atoms with Gasteiger partial charge in [-0.25, -0.2) is 0 Å². The van der Waals surface area contributed by atoms with Crippen LogP contribution in [-0.2, 0) is 4.74 Å². The number of ether oxygens (including phenoxy) is 4. The van der Waals surface area contributed by atoms with Gasteiger partial charge in [0.05, 0.1) is 32.1 Å². The molecule has 5 heteroatoms. The predicted molar refractivity (Wildman–Crippen MR) is 75.2 cm³/mol. The summed E-state index contributed by atoms with van der Waals surface area (Å²) >= 11 is 0. The Bertz CT molecular complexity index is 413. The maximum Gasteiger partial charge on any atom is 0.164 e. The van der Waals surface area contributed by atoms with Crippen molar-refractivity contribution in [2.75, 3.05) is 33.2 Å².